The van der Waals surface area contributed by atoms with Gasteiger partial charge in [-0.05, 0) is 80.5 Å². The number of rotatable bonds is 4. The second-order valence-electron chi connectivity index (χ2n) is 13.4. The number of carbonyl (C=O) groups is 2. The predicted octanol–water partition coefficient (Wildman–Crippen LogP) is 2.44. The highest BCUT2D eigenvalue weighted by molar-refractivity contribution is 6.10. The molecule has 0 radical (unpaired) electrons. The Hall–Kier alpha value is -2.46. The molecule has 5 aliphatic rings. The molecule has 0 bridgehead atoms. The fourth-order valence-electron chi connectivity index (χ4n) is 9.96. The molecule has 9 atom stereocenters. The van der Waals surface area contributed by atoms with Gasteiger partial charge in [-0.25, -0.2) is 0 Å². The number of aliphatic hydroxyl groups is 3. The lowest BCUT2D eigenvalue weighted by atomic mass is 9.45. The first kappa shape index (κ1) is 27.7. The van der Waals surface area contributed by atoms with Crippen LogP contribution in [0.2, 0.25) is 0 Å². The number of methoxy groups -OCH3 is 1. The number of ether oxygens (including phenoxy) is 2. The Morgan fingerprint density at radius 1 is 1.20 bits per heavy atom. The van der Waals surface area contributed by atoms with E-state index >= 15 is 0 Å². The summed E-state index contributed by atoms with van der Waals surface area (Å²) in [5.74, 6) is -0.711. The molecule has 1 amide bonds. The number of hydrogen-bond acceptors (Lipinski definition) is 8. The van der Waals surface area contributed by atoms with Crippen molar-refractivity contribution in [2.75, 3.05) is 39.2 Å². The van der Waals surface area contributed by atoms with Crippen molar-refractivity contribution in [2.45, 2.75) is 63.7 Å². The van der Waals surface area contributed by atoms with Crippen molar-refractivity contribution >= 4 is 17.6 Å². The molecule has 3 aliphatic heterocycles. The summed E-state index contributed by atoms with van der Waals surface area (Å²) in [4.78, 5) is 30.0. The molecule has 1 unspecified atom stereocenters. The van der Waals surface area contributed by atoms with E-state index in [1.807, 2.05) is 18.9 Å². The van der Waals surface area contributed by atoms with Crippen LogP contribution < -0.4 is 10.1 Å². The fraction of sp³-hybridized carbons (Fsp3) is 0.677. The summed E-state index contributed by atoms with van der Waals surface area (Å²) >= 11 is 0. The molecular formula is C31H42N2O7. The number of hydrogen-bond donors (Lipinski definition) is 4. The highest BCUT2D eigenvalue weighted by Gasteiger charge is 2.79. The summed E-state index contributed by atoms with van der Waals surface area (Å²) in [5, 5.41) is 36.1. The van der Waals surface area contributed by atoms with Crippen LogP contribution in [0.1, 0.15) is 51.5 Å². The van der Waals surface area contributed by atoms with Gasteiger partial charge in [0.2, 0.25) is 0 Å². The van der Waals surface area contributed by atoms with Crippen LogP contribution in [-0.4, -0.2) is 78.2 Å². The van der Waals surface area contributed by atoms with E-state index in [2.05, 4.69) is 18.8 Å². The summed E-state index contributed by atoms with van der Waals surface area (Å²) < 4.78 is 11.1. The zero-order valence-electron chi connectivity index (χ0n) is 23.9. The number of cyclic esters (lactones) is 1. The number of esters is 1. The second kappa shape index (κ2) is 9.02. The van der Waals surface area contributed by atoms with E-state index in [9.17, 15) is 24.9 Å². The first-order chi connectivity index (χ1) is 18.9. The standard InChI is InChI=1S/C31H42N2O7/c1-17-6-9-23-28(2,11-10-24(35)29(23,3)16-34)20(17)12-18-14-33(4)31(30(18)25(36)15-40-27(30)38)21-13-19(39-5)7-8-22(21)32-26(31)37/h7-8,13,18,20,23-25,34-36H,1,6,9-12,14-16H2,2-5H3,(H,32,37)/t18?,20-,23+,24-,25-,28-,29+,30+,31+/m1/s1. The largest absolute Gasteiger partial charge is 0.497 e. The second-order valence-corrected chi connectivity index (χ2v) is 13.4. The monoisotopic (exact) mass is 554 g/mol. The molecule has 2 aliphatic carbocycles. The van der Waals surface area contributed by atoms with Gasteiger partial charge in [0.25, 0.3) is 5.91 Å². The minimum absolute atomic E-state index is 0.0232. The zero-order chi connectivity index (χ0) is 28.8. The maximum Gasteiger partial charge on any atom is 0.318 e. The van der Waals surface area contributed by atoms with Gasteiger partial charge in [0.1, 0.15) is 29.4 Å². The van der Waals surface area contributed by atoms with Crippen LogP contribution in [0.3, 0.4) is 0 Å². The predicted molar refractivity (Wildman–Crippen MR) is 147 cm³/mol. The van der Waals surface area contributed by atoms with Gasteiger partial charge in [-0.3, -0.25) is 14.5 Å². The molecule has 2 spiro atoms. The number of anilines is 1. The van der Waals surface area contributed by atoms with Crippen LogP contribution in [0.4, 0.5) is 5.69 Å². The van der Waals surface area contributed by atoms with Gasteiger partial charge < -0.3 is 30.1 Å². The maximum atomic E-state index is 14.1. The van der Waals surface area contributed by atoms with Gasteiger partial charge >= 0.3 is 5.97 Å². The van der Waals surface area contributed by atoms with Crippen LogP contribution in [0.15, 0.2) is 30.4 Å². The molecule has 9 heteroatoms. The molecule has 1 aromatic rings. The molecule has 9 nitrogen and oxygen atoms in total. The average Bonchev–Trinajstić information content (AvgIpc) is 3.50. The summed E-state index contributed by atoms with van der Waals surface area (Å²) in [5.41, 5.74) is -1.60. The van der Waals surface area contributed by atoms with Gasteiger partial charge in [-0.15, -0.1) is 0 Å². The number of likely N-dealkylation sites (N-methyl/N-ethyl adjacent to an activating group) is 1. The van der Waals surface area contributed by atoms with Crippen LogP contribution in [-0.2, 0) is 19.9 Å². The van der Waals surface area contributed by atoms with Crippen LogP contribution in [0, 0.1) is 34.0 Å². The summed E-state index contributed by atoms with van der Waals surface area (Å²) in [7, 11) is 3.40. The summed E-state index contributed by atoms with van der Waals surface area (Å²) in [6.07, 6.45) is 1.71. The van der Waals surface area contributed by atoms with E-state index in [0.717, 1.165) is 24.8 Å². The van der Waals surface area contributed by atoms with Crippen molar-refractivity contribution in [3.63, 3.8) is 0 Å². The lowest BCUT2D eigenvalue weighted by Gasteiger charge is -2.60. The van der Waals surface area contributed by atoms with E-state index in [1.54, 1.807) is 25.3 Å². The molecule has 0 aromatic heterocycles. The third-order valence-corrected chi connectivity index (χ3v) is 12.0. The van der Waals surface area contributed by atoms with Crippen LogP contribution in [0.25, 0.3) is 0 Å². The maximum absolute atomic E-state index is 14.1. The van der Waals surface area contributed by atoms with E-state index in [-0.39, 0.29) is 36.4 Å². The van der Waals surface area contributed by atoms with Crippen molar-refractivity contribution < 1.29 is 34.4 Å². The van der Waals surface area contributed by atoms with E-state index in [4.69, 9.17) is 9.47 Å². The third-order valence-electron chi connectivity index (χ3n) is 12.0. The number of fused-ring (bicyclic) bond motifs is 4. The summed E-state index contributed by atoms with van der Waals surface area (Å²) in [6.45, 7) is 8.84. The molecule has 6 rings (SSSR count). The van der Waals surface area contributed by atoms with Gasteiger partial charge in [0.15, 0.2) is 0 Å². The smallest absolute Gasteiger partial charge is 0.318 e. The molecule has 1 aromatic carbocycles. The number of amides is 1. The third kappa shape index (κ3) is 3.12. The Bertz CT molecular complexity index is 1270. The number of allylic oxidation sites excluding steroid dienone is 1. The van der Waals surface area contributed by atoms with Crippen molar-refractivity contribution in [2.24, 2.45) is 34.0 Å². The average molecular weight is 555 g/mol. The molecule has 40 heavy (non-hydrogen) atoms. The number of nitrogens with one attached hydrogen (secondary N) is 1. The first-order valence-corrected chi connectivity index (χ1v) is 14.5. The lowest BCUT2D eigenvalue weighted by Crippen LogP contribution is -2.62. The van der Waals surface area contributed by atoms with Crippen molar-refractivity contribution in [3.8, 4) is 5.75 Å². The molecule has 218 valence electrons. The van der Waals surface area contributed by atoms with Crippen molar-refractivity contribution in [1.29, 1.82) is 0 Å². The minimum atomic E-state index is -1.53. The number of carbonyl (C=O) groups excluding carboxylic acids is 2. The van der Waals surface area contributed by atoms with Crippen molar-refractivity contribution in [1.82, 2.24) is 4.90 Å². The Morgan fingerprint density at radius 3 is 2.60 bits per heavy atom. The van der Waals surface area contributed by atoms with Gasteiger partial charge in [-0.2, -0.15) is 0 Å². The zero-order valence-corrected chi connectivity index (χ0v) is 23.9. The topological polar surface area (TPSA) is 129 Å². The normalized spacial score (nSPS) is 44.6. The summed E-state index contributed by atoms with van der Waals surface area (Å²) in [6, 6.07) is 5.33. The number of benzene rings is 1. The van der Waals surface area contributed by atoms with Gasteiger partial charge in [-0.1, -0.05) is 26.0 Å². The van der Waals surface area contributed by atoms with Crippen LogP contribution >= 0.6 is 0 Å². The SMILES string of the molecule is C=C1CC[C@@H]2[C@](C)(CO)[C@H](O)CC[C@]2(C)[C@@H]1CC1CN(C)[C@@]2(C(=O)Nc3ccc(OC)cc32)[C@@]12C(=O)OC[C@H]2O. The number of aliphatic hydroxyl groups excluding tert-OH is 3. The molecule has 2 saturated carbocycles. The highest BCUT2D eigenvalue weighted by atomic mass is 16.6. The van der Waals surface area contributed by atoms with E-state index < -0.39 is 40.5 Å². The van der Waals surface area contributed by atoms with Crippen molar-refractivity contribution in [3.05, 3.63) is 35.9 Å². The Kier molecular flexibility index (Phi) is 6.24. The van der Waals surface area contributed by atoms with Gasteiger partial charge in [0, 0.05) is 23.2 Å². The Morgan fingerprint density at radius 2 is 1.95 bits per heavy atom. The number of likely N-dealkylation sites (tertiary alicyclic amines) is 1. The Balaban J connectivity index is 1.48. The number of nitrogens with zero attached hydrogens (tertiary/aromatic N) is 1. The first-order valence-electron chi connectivity index (χ1n) is 14.5. The quantitative estimate of drug-likeness (QED) is 0.330. The molecule has 2 saturated heterocycles. The van der Waals surface area contributed by atoms with E-state index in [0.29, 0.717) is 36.4 Å². The van der Waals surface area contributed by atoms with Gasteiger partial charge in [0.05, 0.1) is 19.8 Å². The molecular weight excluding hydrogens is 512 g/mol. The lowest BCUT2D eigenvalue weighted by molar-refractivity contribution is -0.165. The highest BCUT2D eigenvalue weighted by Crippen LogP contribution is 2.67. The molecule has 3 heterocycles. The van der Waals surface area contributed by atoms with Crippen LogP contribution in [0.5, 0.6) is 5.75 Å². The minimum Gasteiger partial charge on any atom is -0.497 e. The Labute approximate surface area is 235 Å². The van der Waals surface area contributed by atoms with E-state index in [1.165, 1.54) is 0 Å². The molecule has 4 N–H and O–H groups in total. The fourth-order valence-corrected chi connectivity index (χ4v) is 9.96. The molecule has 4 fully saturated rings.